The lowest BCUT2D eigenvalue weighted by atomic mass is 10.0. The molecule has 0 aromatic heterocycles. The van der Waals surface area contributed by atoms with Gasteiger partial charge in [-0.2, -0.15) is 0 Å². The fourth-order valence-electron chi connectivity index (χ4n) is 2.27. The Morgan fingerprint density at radius 1 is 1.18 bits per heavy atom. The zero-order valence-electron chi connectivity index (χ0n) is 13.1. The van der Waals surface area contributed by atoms with E-state index in [4.69, 9.17) is 0 Å². The second-order valence-corrected chi connectivity index (χ2v) is 5.74. The molecule has 0 aliphatic rings. The van der Waals surface area contributed by atoms with Crippen LogP contribution in [0.15, 0.2) is 30.3 Å². The minimum atomic E-state index is -0.632. The number of carbonyl (C=O) groups excluding carboxylic acids is 3. The predicted octanol–water partition coefficient (Wildman–Crippen LogP) is 1.46. The van der Waals surface area contributed by atoms with Crippen LogP contribution in [-0.4, -0.2) is 30.7 Å². The molecule has 1 aromatic rings. The molecule has 0 saturated carbocycles. The molecule has 1 aromatic carbocycles. The fraction of sp³-hybridized carbons (Fsp3) is 0.471. The van der Waals surface area contributed by atoms with Gasteiger partial charge in [0, 0.05) is 0 Å². The Labute approximate surface area is 131 Å². The van der Waals surface area contributed by atoms with E-state index in [1.807, 2.05) is 44.2 Å². The number of nitrogens with one attached hydrogen (secondary N) is 2. The summed E-state index contributed by atoms with van der Waals surface area (Å²) in [4.78, 5) is 33.9. The summed E-state index contributed by atoms with van der Waals surface area (Å²) in [6, 6.07) is 8.60. The number of aldehydes is 1. The molecule has 0 bridgehead atoms. The fourth-order valence-corrected chi connectivity index (χ4v) is 2.27. The van der Waals surface area contributed by atoms with Crippen LogP contribution in [0.25, 0.3) is 0 Å². The van der Waals surface area contributed by atoms with Crippen LogP contribution in [0.1, 0.15) is 32.3 Å². The van der Waals surface area contributed by atoms with Gasteiger partial charge in [-0.15, -0.1) is 0 Å². The van der Waals surface area contributed by atoms with Crippen molar-refractivity contribution < 1.29 is 14.4 Å². The van der Waals surface area contributed by atoms with Crippen molar-refractivity contribution in [2.24, 2.45) is 5.92 Å². The lowest BCUT2D eigenvalue weighted by molar-refractivity contribution is -0.127. The van der Waals surface area contributed by atoms with Crippen molar-refractivity contribution in [2.75, 3.05) is 0 Å². The van der Waals surface area contributed by atoms with Gasteiger partial charge in [-0.3, -0.25) is 9.59 Å². The molecule has 0 radical (unpaired) electrons. The lowest BCUT2D eigenvalue weighted by Crippen LogP contribution is -2.48. The Balaban J connectivity index is 2.58. The minimum absolute atomic E-state index is 0.303. The van der Waals surface area contributed by atoms with E-state index in [9.17, 15) is 14.4 Å². The van der Waals surface area contributed by atoms with Gasteiger partial charge in [0.2, 0.25) is 12.3 Å². The van der Waals surface area contributed by atoms with Crippen LogP contribution in [-0.2, 0) is 20.8 Å². The van der Waals surface area contributed by atoms with Gasteiger partial charge >= 0.3 is 0 Å². The van der Waals surface area contributed by atoms with Crippen LogP contribution in [0.5, 0.6) is 0 Å². The molecule has 1 unspecified atom stereocenters. The highest BCUT2D eigenvalue weighted by Gasteiger charge is 2.21. The Kier molecular flexibility index (Phi) is 7.89. The van der Waals surface area contributed by atoms with Gasteiger partial charge in [0.25, 0.3) is 0 Å². The number of rotatable bonds is 10. The van der Waals surface area contributed by atoms with Crippen molar-refractivity contribution in [1.82, 2.24) is 10.6 Å². The topological polar surface area (TPSA) is 75.3 Å². The second kappa shape index (κ2) is 9.71. The summed E-state index contributed by atoms with van der Waals surface area (Å²) in [5.41, 5.74) is 1.10. The molecule has 5 heteroatoms. The van der Waals surface area contributed by atoms with E-state index in [1.165, 1.54) is 0 Å². The molecule has 1 rings (SSSR count). The van der Waals surface area contributed by atoms with Gasteiger partial charge in [-0.25, -0.2) is 0 Å². The first kappa shape index (κ1) is 17.9. The van der Waals surface area contributed by atoms with E-state index in [-0.39, 0.29) is 5.91 Å². The third-order valence-electron chi connectivity index (χ3n) is 3.37. The number of benzene rings is 1. The molecule has 5 nitrogen and oxygen atoms in total. The largest absolute Gasteiger partial charge is 0.347 e. The maximum absolute atomic E-state index is 12.2. The first-order valence-corrected chi connectivity index (χ1v) is 7.56. The molecule has 0 aliphatic heterocycles. The molecule has 2 N–H and O–H groups in total. The van der Waals surface area contributed by atoms with Crippen LogP contribution in [0.4, 0.5) is 0 Å². The number of hydrogen-bond donors (Lipinski definition) is 2. The van der Waals surface area contributed by atoms with Crippen molar-refractivity contribution in [3.63, 3.8) is 0 Å². The Morgan fingerprint density at radius 2 is 1.86 bits per heavy atom. The van der Waals surface area contributed by atoms with Crippen molar-refractivity contribution in [3.05, 3.63) is 35.9 Å². The molecule has 120 valence electrons. The van der Waals surface area contributed by atoms with E-state index < -0.39 is 12.1 Å². The highest BCUT2D eigenvalue weighted by atomic mass is 16.2. The number of aryl methyl sites for hydroxylation is 1. The third kappa shape index (κ3) is 6.52. The summed E-state index contributed by atoms with van der Waals surface area (Å²) in [6.45, 7) is 3.97. The normalized spacial score (nSPS) is 13.2. The monoisotopic (exact) mass is 304 g/mol. The molecule has 0 fully saturated rings. The molecular weight excluding hydrogens is 280 g/mol. The average Bonchev–Trinajstić information content (AvgIpc) is 2.51. The van der Waals surface area contributed by atoms with Gasteiger partial charge in [0.15, 0.2) is 0 Å². The van der Waals surface area contributed by atoms with Gasteiger partial charge in [0.1, 0.15) is 12.3 Å². The molecule has 2 atom stereocenters. The highest BCUT2D eigenvalue weighted by Crippen LogP contribution is 2.07. The van der Waals surface area contributed by atoms with Crippen molar-refractivity contribution in [2.45, 2.75) is 45.2 Å². The van der Waals surface area contributed by atoms with Crippen molar-refractivity contribution >= 4 is 18.6 Å². The Hall–Kier alpha value is -2.17. The number of carbonyl (C=O) groups is 3. The summed E-state index contributed by atoms with van der Waals surface area (Å²) in [6.07, 6.45) is 3.01. The zero-order chi connectivity index (χ0) is 16.4. The maximum Gasteiger partial charge on any atom is 0.243 e. The first-order valence-electron chi connectivity index (χ1n) is 7.56. The van der Waals surface area contributed by atoms with Crippen LogP contribution in [0.3, 0.4) is 0 Å². The average molecular weight is 304 g/mol. The second-order valence-electron chi connectivity index (χ2n) is 5.74. The maximum atomic E-state index is 12.2. The Morgan fingerprint density at radius 3 is 2.41 bits per heavy atom. The number of hydrogen-bond acceptors (Lipinski definition) is 3. The molecule has 0 saturated heterocycles. The summed E-state index contributed by atoms with van der Waals surface area (Å²) < 4.78 is 0. The minimum Gasteiger partial charge on any atom is -0.347 e. The Bertz CT molecular complexity index is 474. The molecule has 0 spiro atoms. The van der Waals surface area contributed by atoms with Crippen molar-refractivity contribution in [3.8, 4) is 0 Å². The van der Waals surface area contributed by atoms with Gasteiger partial charge < -0.3 is 15.4 Å². The number of amides is 2. The summed E-state index contributed by atoms with van der Waals surface area (Å²) in [5, 5.41) is 5.22. The van der Waals surface area contributed by atoms with E-state index in [1.54, 1.807) is 0 Å². The van der Waals surface area contributed by atoms with Crippen LogP contribution in [0, 0.1) is 5.92 Å². The highest BCUT2D eigenvalue weighted by molar-refractivity contribution is 5.85. The van der Waals surface area contributed by atoms with Gasteiger partial charge in [-0.1, -0.05) is 44.2 Å². The zero-order valence-corrected chi connectivity index (χ0v) is 13.1. The quantitative estimate of drug-likeness (QED) is 0.643. The van der Waals surface area contributed by atoms with E-state index in [0.717, 1.165) is 11.8 Å². The smallest absolute Gasteiger partial charge is 0.243 e. The predicted molar refractivity (Wildman–Crippen MR) is 85.2 cm³/mol. The van der Waals surface area contributed by atoms with Crippen LogP contribution in [0.2, 0.25) is 0 Å². The van der Waals surface area contributed by atoms with Crippen LogP contribution < -0.4 is 10.6 Å². The summed E-state index contributed by atoms with van der Waals surface area (Å²) in [5.74, 6) is -0.0157. The van der Waals surface area contributed by atoms with E-state index in [0.29, 0.717) is 31.6 Å². The molecule has 0 heterocycles. The van der Waals surface area contributed by atoms with Gasteiger partial charge in [0.05, 0.1) is 6.04 Å². The summed E-state index contributed by atoms with van der Waals surface area (Å²) in [7, 11) is 0. The van der Waals surface area contributed by atoms with Crippen molar-refractivity contribution in [1.29, 1.82) is 0 Å². The molecular formula is C17H24N2O3. The van der Waals surface area contributed by atoms with Crippen LogP contribution >= 0.6 is 0 Å². The van der Waals surface area contributed by atoms with E-state index >= 15 is 0 Å². The lowest BCUT2D eigenvalue weighted by Gasteiger charge is -2.20. The third-order valence-corrected chi connectivity index (χ3v) is 3.37. The summed E-state index contributed by atoms with van der Waals surface area (Å²) >= 11 is 0. The van der Waals surface area contributed by atoms with Gasteiger partial charge in [-0.05, 0) is 30.7 Å². The molecule has 2 amide bonds. The van der Waals surface area contributed by atoms with E-state index in [2.05, 4.69) is 10.6 Å². The molecule has 22 heavy (non-hydrogen) atoms. The standard InChI is InChI=1S/C17H24N2O3/c1-13(2)10-15(11-20)19-17(22)16(18-12-21)9-8-14-6-4-3-5-7-14/h3-7,11-13,15-16H,8-10H2,1-2H3,(H,18,21)(H,19,22)/t15?,16-/m0/s1. The first-order chi connectivity index (χ1) is 10.6. The molecule has 0 aliphatic carbocycles. The SMILES string of the molecule is CC(C)CC(C=O)NC(=O)[C@H](CCc1ccccc1)NC=O.